The van der Waals surface area contributed by atoms with E-state index >= 15 is 0 Å². The minimum Gasteiger partial charge on any atom is -0.0843 e. The first-order valence-electron chi connectivity index (χ1n) is 6.77. The van der Waals surface area contributed by atoms with Gasteiger partial charge in [-0.1, -0.05) is 56.0 Å². The zero-order valence-corrected chi connectivity index (χ0v) is 11.3. The molecule has 92 valence electrons. The first-order chi connectivity index (χ1) is 8.31. The Morgan fingerprint density at radius 2 is 1.82 bits per heavy atom. The predicted molar refractivity (Wildman–Crippen MR) is 76.3 cm³/mol. The Kier molecular flexibility index (Phi) is 4.67. The minimum atomic E-state index is 0.768. The van der Waals surface area contributed by atoms with E-state index in [1.165, 1.54) is 37.7 Å². The molecule has 0 saturated heterocycles. The molecule has 1 saturated carbocycles. The van der Waals surface area contributed by atoms with Crippen molar-refractivity contribution < 1.29 is 0 Å². The molecule has 0 atom stereocenters. The third kappa shape index (κ3) is 3.35. The molecule has 1 aromatic rings. The van der Waals surface area contributed by atoms with Crippen LogP contribution >= 0.6 is 11.6 Å². The van der Waals surface area contributed by atoms with E-state index in [0.29, 0.717) is 0 Å². The van der Waals surface area contributed by atoms with Crippen molar-refractivity contribution in [3.8, 4) is 0 Å². The number of hydrogen-bond donors (Lipinski definition) is 0. The Labute approximate surface area is 110 Å². The molecule has 1 aliphatic carbocycles. The molecule has 17 heavy (non-hydrogen) atoms. The highest BCUT2D eigenvalue weighted by molar-refractivity contribution is 6.30. The highest BCUT2D eigenvalue weighted by Crippen LogP contribution is 2.35. The van der Waals surface area contributed by atoms with E-state index in [1.54, 1.807) is 5.57 Å². The Hall–Kier alpha value is -0.750. The molecule has 0 bridgehead atoms. The van der Waals surface area contributed by atoms with Crippen LogP contribution in [0, 0.1) is 5.92 Å². The van der Waals surface area contributed by atoms with E-state index in [0.717, 1.165) is 17.4 Å². The molecule has 0 N–H and O–H groups in total. The van der Waals surface area contributed by atoms with Crippen LogP contribution in [0.4, 0.5) is 0 Å². The van der Waals surface area contributed by atoms with E-state index in [2.05, 4.69) is 25.1 Å². The van der Waals surface area contributed by atoms with Gasteiger partial charge in [0.1, 0.15) is 0 Å². The van der Waals surface area contributed by atoms with Crippen molar-refractivity contribution in [1.82, 2.24) is 0 Å². The van der Waals surface area contributed by atoms with E-state index in [1.807, 2.05) is 12.1 Å². The molecule has 0 amide bonds. The minimum absolute atomic E-state index is 0.768. The Morgan fingerprint density at radius 1 is 1.18 bits per heavy atom. The molecular formula is C16H21Cl. The molecule has 1 aliphatic rings. The number of halogens is 1. The smallest absolute Gasteiger partial charge is 0.0406 e. The molecule has 2 rings (SSSR count). The summed E-state index contributed by atoms with van der Waals surface area (Å²) in [5, 5.41) is 0.827. The highest BCUT2D eigenvalue weighted by Gasteiger charge is 2.18. The maximum atomic E-state index is 5.96. The Bertz CT molecular complexity index is 369. The molecule has 0 unspecified atom stereocenters. The van der Waals surface area contributed by atoms with Crippen LogP contribution in [0.2, 0.25) is 5.02 Å². The second-order valence-electron chi connectivity index (χ2n) is 4.91. The zero-order chi connectivity index (χ0) is 12.1. The molecule has 1 heteroatoms. The lowest BCUT2D eigenvalue weighted by molar-refractivity contribution is 0.429. The second-order valence-corrected chi connectivity index (χ2v) is 5.35. The fraction of sp³-hybridized carbons (Fsp3) is 0.500. The van der Waals surface area contributed by atoms with E-state index in [-0.39, 0.29) is 0 Å². The van der Waals surface area contributed by atoms with Crippen LogP contribution in [0.3, 0.4) is 0 Å². The Morgan fingerprint density at radius 3 is 2.41 bits per heavy atom. The van der Waals surface area contributed by atoms with Gasteiger partial charge in [-0.15, -0.1) is 0 Å². The van der Waals surface area contributed by atoms with Crippen LogP contribution in [-0.2, 0) is 0 Å². The number of rotatable bonds is 3. The quantitative estimate of drug-likeness (QED) is 0.642. The molecule has 0 nitrogen and oxygen atoms in total. The molecule has 1 fully saturated rings. The normalized spacial score (nSPS) is 18.4. The number of hydrogen-bond acceptors (Lipinski definition) is 0. The summed E-state index contributed by atoms with van der Waals surface area (Å²) in [5.74, 6) is 0.768. The lowest BCUT2D eigenvalue weighted by atomic mass is 9.80. The van der Waals surface area contributed by atoms with Crippen LogP contribution in [0.1, 0.15) is 51.0 Å². The van der Waals surface area contributed by atoms with Gasteiger partial charge in [-0.2, -0.15) is 0 Å². The largest absolute Gasteiger partial charge is 0.0843 e. The third-order valence-electron chi connectivity index (χ3n) is 3.65. The summed E-state index contributed by atoms with van der Waals surface area (Å²) in [6.07, 6.45) is 10.4. The maximum Gasteiger partial charge on any atom is 0.0406 e. The highest BCUT2D eigenvalue weighted by atomic mass is 35.5. The van der Waals surface area contributed by atoms with Crippen molar-refractivity contribution in [3.05, 3.63) is 40.9 Å². The van der Waals surface area contributed by atoms with Crippen LogP contribution in [-0.4, -0.2) is 0 Å². The van der Waals surface area contributed by atoms with Crippen molar-refractivity contribution in [1.29, 1.82) is 0 Å². The number of benzene rings is 1. The lowest BCUT2D eigenvalue weighted by Crippen LogP contribution is -2.08. The van der Waals surface area contributed by atoms with Gasteiger partial charge in [0.05, 0.1) is 0 Å². The zero-order valence-electron chi connectivity index (χ0n) is 10.6. The molecule has 0 spiro atoms. The average molecular weight is 249 g/mol. The van der Waals surface area contributed by atoms with Crippen molar-refractivity contribution in [2.45, 2.75) is 45.4 Å². The van der Waals surface area contributed by atoms with Gasteiger partial charge in [0.2, 0.25) is 0 Å². The first-order valence-corrected chi connectivity index (χ1v) is 7.15. The summed E-state index contributed by atoms with van der Waals surface area (Å²) in [6.45, 7) is 2.22. The molecule has 0 aliphatic heterocycles. The average Bonchev–Trinajstić information content (AvgIpc) is 2.38. The van der Waals surface area contributed by atoms with Crippen molar-refractivity contribution in [2.24, 2.45) is 5.92 Å². The van der Waals surface area contributed by atoms with Crippen molar-refractivity contribution in [2.75, 3.05) is 0 Å². The Balaban J connectivity index is 2.22. The SMILES string of the molecule is CCC=C(c1ccc(Cl)cc1)C1CCCCC1. The van der Waals surface area contributed by atoms with Crippen molar-refractivity contribution >= 4 is 17.2 Å². The van der Waals surface area contributed by atoms with E-state index in [9.17, 15) is 0 Å². The van der Waals surface area contributed by atoms with Gasteiger partial charge in [-0.05, 0) is 48.4 Å². The fourth-order valence-corrected chi connectivity index (χ4v) is 2.92. The van der Waals surface area contributed by atoms with Crippen LogP contribution in [0.25, 0.3) is 5.57 Å². The van der Waals surface area contributed by atoms with Gasteiger partial charge in [0, 0.05) is 5.02 Å². The molecule has 0 heterocycles. The van der Waals surface area contributed by atoms with Crippen LogP contribution < -0.4 is 0 Å². The summed E-state index contributed by atoms with van der Waals surface area (Å²) < 4.78 is 0. The summed E-state index contributed by atoms with van der Waals surface area (Å²) in [7, 11) is 0. The lowest BCUT2D eigenvalue weighted by Gasteiger charge is -2.25. The van der Waals surface area contributed by atoms with Gasteiger partial charge in [-0.3, -0.25) is 0 Å². The van der Waals surface area contributed by atoms with Crippen LogP contribution in [0.15, 0.2) is 30.3 Å². The van der Waals surface area contributed by atoms with Gasteiger partial charge in [-0.25, -0.2) is 0 Å². The summed E-state index contributed by atoms with van der Waals surface area (Å²) in [5.41, 5.74) is 2.91. The van der Waals surface area contributed by atoms with E-state index < -0.39 is 0 Å². The number of allylic oxidation sites excluding steroid dienone is 2. The molecule has 1 aromatic carbocycles. The maximum absolute atomic E-state index is 5.96. The second kappa shape index (κ2) is 6.26. The van der Waals surface area contributed by atoms with Gasteiger partial charge in [0.15, 0.2) is 0 Å². The molecular weight excluding hydrogens is 228 g/mol. The van der Waals surface area contributed by atoms with Gasteiger partial charge < -0.3 is 0 Å². The van der Waals surface area contributed by atoms with Crippen molar-refractivity contribution in [3.63, 3.8) is 0 Å². The van der Waals surface area contributed by atoms with Gasteiger partial charge in [0.25, 0.3) is 0 Å². The standard InChI is InChI=1S/C16H21Cl/c1-2-6-16(13-7-4-3-5-8-13)14-9-11-15(17)12-10-14/h6,9-13H,2-5,7-8H2,1H3. The summed E-state index contributed by atoms with van der Waals surface area (Å²) >= 11 is 5.96. The molecule has 0 radical (unpaired) electrons. The van der Waals surface area contributed by atoms with Crippen LogP contribution in [0.5, 0.6) is 0 Å². The summed E-state index contributed by atoms with van der Waals surface area (Å²) in [6, 6.07) is 8.34. The summed E-state index contributed by atoms with van der Waals surface area (Å²) in [4.78, 5) is 0. The topological polar surface area (TPSA) is 0 Å². The third-order valence-corrected chi connectivity index (χ3v) is 3.90. The predicted octanol–water partition coefficient (Wildman–Crippen LogP) is 5.71. The molecule has 0 aromatic heterocycles. The van der Waals surface area contributed by atoms with E-state index in [4.69, 9.17) is 11.6 Å². The first kappa shape index (κ1) is 12.7. The monoisotopic (exact) mass is 248 g/mol. The fourth-order valence-electron chi connectivity index (χ4n) is 2.80. The van der Waals surface area contributed by atoms with Gasteiger partial charge >= 0.3 is 0 Å².